The van der Waals surface area contributed by atoms with Gasteiger partial charge in [-0.3, -0.25) is 14.6 Å². The maximum atomic E-state index is 13.3. The quantitative estimate of drug-likeness (QED) is 0.300. The number of aryl methyl sites for hydroxylation is 1. The average Bonchev–Trinajstić information content (AvgIpc) is 3.11. The van der Waals surface area contributed by atoms with Crippen LogP contribution in [0, 0.1) is 6.92 Å². The Labute approximate surface area is 212 Å². The molecule has 4 aromatic rings. The summed E-state index contributed by atoms with van der Waals surface area (Å²) in [6.45, 7) is 3.32. The second kappa shape index (κ2) is 8.68. The molecule has 0 fully saturated rings. The Balaban J connectivity index is 1.86. The van der Waals surface area contributed by atoms with Crippen molar-refractivity contribution in [3.63, 3.8) is 0 Å². The van der Waals surface area contributed by atoms with Crippen LogP contribution in [-0.2, 0) is 4.79 Å². The molecular formula is C23H19BrClN6O2S+. The van der Waals surface area contributed by atoms with Gasteiger partial charge >= 0.3 is 11.3 Å². The molecule has 1 atom stereocenters. The molecule has 0 radical (unpaired) electrons. The number of aromatic amines is 1. The summed E-state index contributed by atoms with van der Waals surface area (Å²) in [6, 6.07) is 15.0. The van der Waals surface area contributed by atoms with Crippen molar-refractivity contribution in [3.05, 3.63) is 79.8 Å². The molecule has 1 aliphatic heterocycles. The number of H-pyrrole nitrogens is 1. The monoisotopic (exact) mass is 557 g/mol. The lowest BCUT2D eigenvalue weighted by Gasteiger charge is -2.31. The second-order valence-electron chi connectivity index (χ2n) is 7.72. The highest BCUT2D eigenvalue weighted by Gasteiger charge is 2.47. The molecule has 0 saturated carbocycles. The number of benzene rings is 2. The van der Waals surface area contributed by atoms with E-state index in [0.29, 0.717) is 38.5 Å². The summed E-state index contributed by atoms with van der Waals surface area (Å²) in [5.74, 6) is -0.220. The van der Waals surface area contributed by atoms with Gasteiger partial charge in [0, 0.05) is 16.5 Å². The van der Waals surface area contributed by atoms with Gasteiger partial charge in [0.25, 0.3) is 6.17 Å². The molecule has 11 heteroatoms. The lowest BCUT2D eigenvalue weighted by atomic mass is 10.0. The molecule has 2 aromatic heterocycles. The van der Waals surface area contributed by atoms with Gasteiger partial charge in [0.2, 0.25) is 11.1 Å². The number of hydrogen-bond donors (Lipinski definition) is 1. The lowest BCUT2D eigenvalue weighted by Crippen LogP contribution is -2.60. The second-order valence-corrected chi connectivity index (χ2v) is 9.79. The summed E-state index contributed by atoms with van der Waals surface area (Å²) in [4.78, 5) is 30.8. The first-order valence-corrected chi connectivity index (χ1v) is 12.7. The van der Waals surface area contributed by atoms with E-state index in [-0.39, 0.29) is 11.5 Å². The minimum atomic E-state index is -0.806. The number of thioether (sulfide) groups is 1. The van der Waals surface area contributed by atoms with Gasteiger partial charge in [-0.1, -0.05) is 57.5 Å². The zero-order valence-corrected chi connectivity index (χ0v) is 21.6. The third-order valence-corrected chi connectivity index (χ3v) is 7.08. The molecule has 172 valence electrons. The molecule has 2 aromatic carbocycles. The molecule has 34 heavy (non-hydrogen) atoms. The summed E-state index contributed by atoms with van der Waals surface area (Å²) in [5.41, 5.74) is 3.20. The highest BCUT2D eigenvalue weighted by molar-refractivity contribution is 9.10. The minimum absolute atomic E-state index is 0.220. The molecule has 1 unspecified atom stereocenters. The van der Waals surface area contributed by atoms with E-state index in [0.717, 1.165) is 10.2 Å². The number of aromatic nitrogens is 5. The predicted octanol–water partition coefficient (Wildman–Crippen LogP) is 4.27. The fourth-order valence-corrected chi connectivity index (χ4v) is 5.33. The number of carbonyl (C=O) groups excluding carboxylic acids is 1. The van der Waals surface area contributed by atoms with Crippen LogP contribution in [0.4, 0.5) is 5.69 Å². The number of rotatable bonds is 3. The van der Waals surface area contributed by atoms with Crippen molar-refractivity contribution in [1.29, 1.82) is 0 Å². The van der Waals surface area contributed by atoms with Gasteiger partial charge in [0.05, 0.1) is 22.6 Å². The fourth-order valence-electron chi connectivity index (χ4n) is 4.23. The molecule has 0 bridgehead atoms. The van der Waals surface area contributed by atoms with Crippen molar-refractivity contribution in [2.75, 3.05) is 11.2 Å². The topological polar surface area (TPSA) is 87.8 Å². The maximum Gasteiger partial charge on any atom is 0.325 e. The van der Waals surface area contributed by atoms with Gasteiger partial charge in [-0.05, 0) is 48.2 Å². The van der Waals surface area contributed by atoms with Gasteiger partial charge in [-0.2, -0.15) is 5.10 Å². The normalized spacial score (nSPS) is 14.6. The average molecular weight is 559 g/mol. The van der Waals surface area contributed by atoms with Gasteiger partial charge in [-0.25, -0.2) is 9.58 Å². The predicted molar refractivity (Wildman–Crippen MR) is 135 cm³/mol. The van der Waals surface area contributed by atoms with Crippen LogP contribution in [-0.4, -0.2) is 32.0 Å². The van der Waals surface area contributed by atoms with Crippen LogP contribution in [0.5, 0.6) is 0 Å². The summed E-state index contributed by atoms with van der Waals surface area (Å²) in [5, 5.41) is 10.1. The number of fused-ring (bicyclic) bond motifs is 3. The standard InChI is InChI=1S/C23H18BrClN6O2S/c1-12-18(20(25)30(27-12)15-7-5-4-6-8-15)22-29(13(2)32)17-10-9-14(24)11-16(17)19-21(33)26-23(34-3)28-31(19)22/h4-11,22H,1-3H3/p+1. The zero-order chi connectivity index (χ0) is 24.1. The van der Waals surface area contributed by atoms with E-state index in [2.05, 4.69) is 26.0 Å². The van der Waals surface area contributed by atoms with E-state index in [9.17, 15) is 9.59 Å². The number of amides is 1. The Hall–Kier alpha value is -2.95. The number of nitrogens with zero attached hydrogens (tertiary/aromatic N) is 5. The molecule has 0 aliphatic carbocycles. The van der Waals surface area contributed by atoms with Gasteiger partial charge in [-0.15, -0.1) is 0 Å². The van der Waals surface area contributed by atoms with Crippen LogP contribution in [0.25, 0.3) is 16.9 Å². The fraction of sp³-hybridized carbons (Fsp3) is 0.174. The maximum absolute atomic E-state index is 13.3. The largest absolute Gasteiger partial charge is 0.325 e. The number of para-hydroxylation sites is 1. The molecule has 5 rings (SSSR count). The van der Waals surface area contributed by atoms with Crippen molar-refractivity contribution in [2.24, 2.45) is 0 Å². The van der Waals surface area contributed by atoms with Crippen LogP contribution in [0.2, 0.25) is 5.15 Å². The van der Waals surface area contributed by atoms with Crippen LogP contribution in [0.3, 0.4) is 0 Å². The number of carbonyl (C=O) groups is 1. The van der Waals surface area contributed by atoms with Gasteiger partial charge < -0.3 is 0 Å². The Morgan fingerprint density at radius 3 is 2.65 bits per heavy atom. The number of halogens is 2. The summed E-state index contributed by atoms with van der Waals surface area (Å²) >= 11 is 11.7. The van der Waals surface area contributed by atoms with Crippen molar-refractivity contribution in [1.82, 2.24) is 19.9 Å². The number of nitrogens with one attached hydrogen (secondary N) is 1. The zero-order valence-electron chi connectivity index (χ0n) is 18.4. The molecule has 1 aliphatic rings. The molecule has 1 N–H and O–H groups in total. The molecule has 0 spiro atoms. The van der Waals surface area contributed by atoms with Crippen LogP contribution in [0.1, 0.15) is 24.3 Å². The first kappa shape index (κ1) is 22.8. The van der Waals surface area contributed by atoms with Gasteiger partial charge in [0.15, 0.2) is 0 Å². The number of hydrogen-bond acceptors (Lipinski definition) is 5. The summed E-state index contributed by atoms with van der Waals surface area (Å²) < 4.78 is 3.98. The first-order valence-electron chi connectivity index (χ1n) is 10.3. The van der Waals surface area contributed by atoms with Crippen molar-refractivity contribution in [3.8, 4) is 16.9 Å². The Kier molecular flexibility index (Phi) is 5.83. The SMILES string of the molecule is CSc1n[n+]2c(c(=O)[nH]1)-c1cc(Br)ccc1N(C(C)=O)C2c1c(C)nn(-c2ccccc2)c1Cl. The minimum Gasteiger partial charge on any atom is -0.291 e. The van der Waals surface area contributed by atoms with Crippen LogP contribution in [0.15, 0.2) is 63.0 Å². The van der Waals surface area contributed by atoms with Crippen LogP contribution < -0.4 is 15.1 Å². The summed E-state index contributed by atoms with van der Waals surface area (Å²) in [7, 11) is 0. The third kappa shape index (κ3) is 3.57. The van der Waals surface area contributed by atoms with E-state index in [1.807, 2.05) is 61.7 Å². The molecular weight excluding hydrogens is 540 g/mol. The highest BCUT2D eigenvalue weighted by atomic mass is 79.9. The van der Waals surface area contributed by atoms with E-state index in [1.54, 1.807) is 14.3 Å². The number of anilines is 1. The third-order valence-electron chi connectivity index (χ3n) is 5.65. The first-order chi connectivity index (χ1) is 16.3. The van der Waals surface area contributed by atoms with Crippen LogP contribution >= 0.6 is 39.3 Å². The molecule has 0 saturated heterocycles. The van der Waals surface area contributed by atoms with E-state index >= 15 is 0 Å². The van der Waals surface area contributed by atoms with E-state index < -0.39 is 6.17 Å². The Morgan fingerprint density at radius 1 is 1.24 bits per heavy atom. The van der Waals surface area contributed by atoms with E-state index in [4.69, 9.17) is 16.7 Å². The van der Waals surface area contributed by atoms with Crippen molar-refractivity contribution >= 4 is 50.9 Å². The smallest absolute Gasteiger partial charge is 0.291 e. The summed E-state index contributed by atoms with van der Waals surface area (Å²) in [6.07, 6.45) is 1.02. The lowest BCUT2D eigenvalue weighted by molar-refractivity contribution is -0.763. The Bertz CT molecular complexity index is 1500. The highest BCUT2D eigenvalue weighted by Crippen LogP contribution is 2.41. The van der Waals surface area contributed by atoms with Crippen molar-refractivity contribution in [2.45, 2.75) is 25.2 Å². The molecule has 3 heterocycles. The van der Waals surface area contributed by atoms with E-state index in [1.165, 1.54) is 18.7 Å². The van der Waals surface area contributed by atoms with Gasteiger partial charge in [0.1, 0.15) is 10.7 Å². The Morgan fingerprint density at radius 2 is 1.97 bits per heavy atom. The molecule has 8 nitrogen and oxygen atoms in total. The molecule has 1 amide bonds. The van der Waals surface area contributed by atoms with Crippen molar-refractivity contribution < 1.29 is 9.48 Å².